The molecule has 0 radical (unpaired) electrons. The van der Waals surface area contributed by atoms with Gasteiger partial charge in [-0.15, -0.1) is 10.2 Å². The summed E-state index contributed by atoms with van der Waals surface area (Å²) in [5.41, 5.74) is 3.09. The number of carbonyl (C=O) groups is 2. The Morgan fingerprint density at radius 3 is 2.61 bits per heavy atom. The molecular weight excluding hydrogens is 502 g/mol. The number of carboxylic acids is 1. The lowest BCUT2D eigenvalue weighted by atomic mass is 10.0. The third-order valence-electron chi connectivity index (χ3n) is 5.52. The van der Waals surface area contributed by atoms with Crippen molar-refractivity contribution < 1.29 is 29.3 Å². The van der Waals surface area contributed by atoms with Gasteiger partial charge in [0.1, 0.15) is 5.01 Å². The molecule has 0 unspecified atom stereocenters. The highest BCUT2D eigenvalue weighted by Gasteiger charge is 2.32. The van der Waals surface area contributed by atoms with Gasteiger partial charge in [-0.2, -0.15) is 0 Å². The Kier molecular flexibility index (Phi) is 9.05. The SMILES string of the molecule is Cc1nnc(SC[C@H]2C[C@@H](c3ccc(CO)cc3)O[C@@H](c3cccc(NC(=O)CCC(=O)O)c3)O2)s1. The van der Waals surface area contributed by atoms with Gasteiger partial charge in [-0.25, -0.2) is 0 Å². The molecule has 2 heterocycles. The highest BCUT2D eigenvalue weighted by molar-refractivity contribution is 8.01. The molecule has 1 amide bonds. The molecule has 9 nitrogen and oxygen atoms in total. The molecule has 0 bridgehead atoms. The molecule has 190 valence electrons. The van der Waals surface area contributed by atoms with Crippen LogP contribution in [0.4, 0.5) is 5.69 Å². The number of aliphatic hydroxyl groups is 1. The molecule has 1 saturated heterocycles. The van der Waals surface area contributed by atoms with Gasteiger partial charge in [0.2, 0.25) is 5.91 Å². The zero-order chi connectivity index (χ0) is 25.5. The summed E-state index contributed by atoms with van der Waals surface area (Å²) in [4.78, 5) is 22.8. The fourth-order valence-corrected chi connectivity index (χ4v) is 5.59. The number of nitrogens with zero attached hydrogens (tertiary/aromatic N) is 2. The highest BCUT2D eigenvalue weighted by atomic mass is 32.2. The van der Waals surface area contributed by atoms with Crippen LogP contribution in [0.15, 0.2) is 52.9 Å². The number of amides is 1. The molecule has 0 aliphatic carbocycles. The van der Waals surface area contributed by atoms with Crippen molar-refractivity contribution in [1.82, 2.24) is 10.2 Å². The van der Waals surface area contributed by atoms with Crippen LogP contribution >= 0.6 is 23.1 Å². The minimum Gasteiger partial charge on any atom is -0.481 e. The Hall–Kier alpha value is -2.83. The number of thioether (sulfide) groups is 1. The van der Waals surface area contributed by atoms with Crippen LogP contribution in [0.2, 0.25) is 0 Å². The predicted octanol–water partition coefficient (Wildman–Crippen LogP) is 4.48. The predicted molar refractivity (Wildman–Crippen MR) is 136 cm³/mol. The molecule has 3 N–H and O–H groups in total. The maximum atomic E-state index is 12.1. The maximum absolute atomic E-state index is 12.1. The normalized spacial score (nSPS) is 19.7. The van der Waals surface area contributed by atoms with Gasteiger partial charge in [0.05, 0.1) is 25.2 Å². The first-order valence-electron chi connectivity index (χ1n) is 11.4. The second-order valence-electron chi connectivity index (χ2n) is 8.32. The second kappa shape index (κ2) is 12.4. The second-order valence-corrected chi connectivity index (χ2v) is 10.8. The number of aliphatic hydroxyl groups excluding tert-OH is 1. The molecule has 3 atom stereocenters. The Morgan fingerprint density at radius 2 is 1.92 bits per heavy atom. The maximum Gasteiger partial charge on any atom is 0.303 e. The quantitative estimate of drug-likeness (QED) is 0.325. The van der Waals surface area contributed by atoms with Gasteiger partial charge < -0.3 is 25.0 Å². The fraction of sp³-hybridized carbons (Fsp3) is 0.360. The van der Waals surface area contributed by atoms with Gasteiger partial charge in [-0.3, -0.25) is 9.59 Å². The van der Waals surface area contributed by atoms with E-state index in [4.69, 9.17) is 14.6 Å². The first-order chi connectivity index (χ1) is 17.4. The van der Waals surface area contributed by atoms with Crippen LogP contribution in [0, 0.1) is 6.92 Å². The highest BCUT2D eigenvalue weighted by Crippen LogP contribution is 2.40. The average Bonchev–Trinajstić information content (AvgIpc) is 3.31. The van der Waals surface area contributed by atoms with E-state index in [1.54, 1.807) is 41.3 Å². The van der Waals surface area contributed by atoms with Gasteiger partial charge in [-0.1, -0.05) is 59.5 Å². The third kappa shape index (κ3) is 7.34. The number of carboxylic acid groups (broad SMARTS) is 1. The summed E-state index contributed by atoms with van der Waals surface area (Å²) in [6, 6.07) is 14.8. The van der Waals surface area contributed by atoms with Gasteiger partial charge in [0, 0.05) is 29.8 Å². The smallest absolute Gasteiger partial charge is 0.303 e. The molecule has 1 aromatic heterocycles. The molecular formula is C25H27N3O6S2. The van der Waals surface area contributed by atoms with Crippen LogP contribution < -0.4 is 5.32 Å². The number of hydrogen-bond donors (Lipinski definition) is 3. The van der Waals surface area contributed by atoms with E-state index >= 15 is 0 Å². The Balaban J connectivity index is 1.50. The van der Waals surface area contributed by atoms with E-state index in [-0.39, 0.29) is 37.6 Å². The topological polar surface area (TPSA) is 131 Å². The first kappa shape index (κ1) is 26.2. The summed E-state index contributed by atoms with van der Waals surface area (Å²) < 4.78 is 13.6. The average molecular weight is 530 g/mol. The molecule has 36 heavy (non-hydrogen) atoms. The Bertz CT molecular complexity index is 1190. The lowest BCUT2D eigenvalue weighted by molar-refractivity contribution is -0.245. The summed E-state index contributed by atoms with van der Waals surface area (Å²) >= 11 is 3.14. The lowest BCUT2D eigenvalue weighted by Crippen LogP contribution is -2.31. The first-order valence-corrected chi connectivity index (χ1v) is 13.2. The molecule has 2 aromatic carbocycles. The summed E-state index contributed by atoms with van der Waals surface area (Å²) in [7, 11) is 0. The van der Waals surface area contributed by atoms with E-state index in [9.17, 15) is 14.7 Å². The van der Waals surface area contributed by atoms with E-state index in [2.05, 4.69) is 15.5 Å². The van der Waals surface area contributed by atoms with Crippen molar-refractivity contribution in [1.29, 1.82) is 0 Å². The fourth-order valence-electron chi connectivity index (χ4n) is 3.73. The zero-order valence-corrected chi connectivity index (χ0v) is 21.3. The molecule has 0 saturated carbocycles. The van der Waals surface area contributed by atoms with Gasteiger partial charge in [0.15, 0.2) is 10.6 Å². The largest absolute Gasteiger partial charge is 0.481 e. The number of nitrogens with one attached hydrogen (secondary N) is 1. The van der Waals surface area contributed by atoms with Crippen molar-refractivity contribution >= 4 is 40.7 Å². The van der Waals surface area contributed by atoms with Crippen molar-refractivity contribution in [3.8, 4) is 0 Å². The van der Waals surface area contributed by atoms with Crippen molar-refractivity contribution in [3.63, 3.8) is 0 Å². The van der Waals surface area contributed by atoms with Crippen LogP contribution in [-0.4, -0.2) is 44.1 Å². The van der Waals surface area contributed by atoms with E-state index in [0.29, 0.717) is 17.9 Å². The standard InChI is InChI=1S/C25H27N3O6S2/c1-15-27-28-25(36-15)35-14-20-12-21(17-7-5-16(13-29)6-8-17)34-24(33-20)18-3-2-4-19(11-18)26-22(30)9-10-23(31)32/h2-8,11,20-21,24,29H,9-10,12-14H2,1H3,(H,26,30)(H,31,32)/t20-,21+,24+/m1/s1. The zero-order valence-electron chi connectivity index (χ0n) is 19.6. The summed E-state index contributed by atoms with van der Waals surface area (Å²) in [5.74, 6) is -0.720. The van der Waals surface area contributed by atoms with E-state index in [1.807, 2.05) is 37.3 Å². The molecule has 4 rings (SSSR count). The Morgan fingerprint density at radius 1 is 1.11 bits per heavy atom. The lowest BCUT2D eigenvalue weighted by Gasteiger charge is -2.36. The molecule has 11 heteroatoms. The van der Waals surface area contributed by atoms with Crippen LogP contribution in [0.5, 0.6) is 0 Å². The monoisotopic (exact) mass is 529 g/mol. The van der Waals surface area contributed by atoms with Crippen molar-refractivity contribution in [3.05, 3.63) is 70.2 Å². The van der Waals surface area contributed by atoms with Gasteiger partial charge in [0.25, 0.3) is 0 Å². The van der Waals surface area contributed by atoms with E-state index in [1.165, 1.54) is 0 Å². The van der Waals surface area contributed by atoms with Crippen LogP contribution in [0.3, 0.4) is 0 Å². The number of anilines is 1. The van der Waals surface area contributed by atoms with Crippen LogP contribution in [0.1, 0.15) is 53.4 Å². The van der Waals surface area contributed by atoms with Gasteiger partial charge >= 0.3 is 5.97 Å². The molecule has 0 spiro atoms. The number of aromatic nitrogens is 2. The third-order valence-corrected chi connectivity index (χ3v) is 7.63. The summed E-state index contributed by atoms with van der Waals surface area (Å²) in [5, 5.41) is 30.1. The summed E-state index contributed by atoms with van der Waals surface area (Å²) in [6.07, 6.45) is -0.720. The number of ether oxygens (including phenoxy) is 2. The number of aliphatic carboxylic acids is 1. The van der Waals surface area contributed by atoms with Crippen LogP contribution in [-0.2, 0) is 25.7 Å². The molecule has 3 aromatic rings. The number of hydrogen-bond acceptors (Lipinski definition) is 9. The van der Waals surface area contributed by atoms with Crippen LogP contribution in [0.25, 0.3) is 0 Å². The Labute approximate surface area is 216 Å². The number of benzene rings is 2. The summed E-state index contributed by atoms with van der Waals surface area (Å²) in [6.45, 7) is 1.89. The number of aryl methyl sites for hydroxylation is 1. The molecule has 1 aliphatic rings. The minimum atomic E-state index is -1.02. The number of rotatable bonds is 10. The molecule has 1 aliphatic heterocycles. The van der Waals surface area contributed by atoms with Crippen molar-refractivity contribution in [2.24, 2.45) is 0 Å². The van der Waals surface area contributed by atoms with Crippen molar-refractivity contribution in [2.75, 3.05) is 11.1 Å². The number of carbonyl (C=O) groups excluding carboxylic acids is 1. The minimum absolute atomic E-state index is 0.0248. The van der Waals surface area contributed by atoms with E-state index < -0.39 is 12.3 Å². The van der Waals surface area contributed by atoms with Crippen molar-refractivity contribution in [2.45, 2.75) is 55.6 Å². The van der Waals surface area contributed by atoms with Gasteiger partial charge in [-0.05, 0) is 30.2 Å². The molecule has 1 fully saturated rings. The van der Waals surface area contributed by atoms with E-state index in [0.717, 1.165) is 26.0 Å².